The van der Waals surface area contributed by atoms with E-state index in [0.717, 1.165) is 24.8 Å². The Morgan fingerprint density at radius 2 is 2.10 bits per heavy atom. The maximum atomic E-state index is 6.51. The lowest BCUT2D eigenvalue weighted by molar-refractivity contribution is -0.285. The standard InChI is InChI=1S/C16H24O4/c1-9-5-6-12-10(2)13(17-4)18-14-16(12)11(9)7-8-15(3,19-14)20-16/h9,11-14H,2,5-8H2,1,3-4H3/t9-,11+,12+,13+,14-,15-,16-/m1/s1. The molecule has 0 aromatic heterocycles. The Hall–Kier alpha value is -0.420. The van der Waals surface area contributed by atoms with Gasteiger partial charge in [0.1, 0.15) is 5.60 Å². The van der Waals surface area contributed by atoms with Crippen LogP contribution in [0.5, 0.6) is 0 Å². The van der Waals surface area contributed by atoms with E-state index in [9.17, 15) is 0 Å². The smallest absolute Gasteiger partial charge is 0.194 e. The molecule has 7 atom stereocenters. The molecule has 4 rings (SSSR count). The minimum atomic E-state index is -0.501. The maximum Gasteiger partial charge on any atom is 0.194 e. The van der Waals surface area contributed by atoms with E-state index in [4.69, 9.17) is 18.9 Å². The molecule has 0 amide bonds. The molecule has 0 radical (unpaired) electrons. The molecule has 20 heavy (non-hydrogen) atoms. The fourth-order valence-electron chi connectivity index (χ4n) is 5.03. The Bertz CT molecular complexity index is 450. The Kier molecular flexibility index (Phi) is 2.70. The van der Waals surface area contributed by atoms with Gasteiger partial charge in [0.15, 0.2) is 18.4 Å². The summed E-state index contributed by atoms with van der Waals surface area (Å²) in [5.74, 6) is 0.931. The molecule has 3 saturated heterocycles. The summed E-state index contributed by atoms with van der Waals surface area (Å²) in [6, 6.07) is 0. The van der Waals surface area contributed by atoms with Gasteiger partial charge in [0.2, 0.25) is 0 Å². The van der Waals surface area contributed by atoms with Crippen molar-refractivity contribution in [1.82, 2.24) is 0 Å². The summed E-state index contributed by atoms with van der Waals surface area (Å²) in [7, 11) is 1.67. The van der Waals surface area contributed by atoms with E-state index in [1.807, 2.05) is 6.92 Å². The van der Waals surface area contributed by atoms with E-state index in [1.165, 1.54) is 6.42 Å². The molecule has 3 heterocycles. The Morgan fingerprint density at radius 1 is 1.30 bits per heavy atom. The lowest BCUT2D eigenvalue weighted by Crippen LogP contribution is -2.64. The highest BCUT2D eigenvalue weighted by Crippen LogP contribution is 2.63. The molecule has 0 aromatic carbocycles. The summed E-state index contributed by atoms with van der Waals surface area (Å²) in [4.78, 5) is 0. The minimum Gasteiger partial charge on any atom is -0.352 e. The summed E-state index contributed by atoms with van der Waals surface area (Å²) in [6.45, 7) is 8.63. The van der Waals surface area contributed by atoms with Crippen molar-refractivity contribution in [3.05, 3.63) is 12.2 Å². The molecule has 2 bridgehead atoms. The first-order valence-electron chi connectivity index (χ1n) is 7.75. The van der Waals surface area contributed by atoms with Crippen LogP contribution in [0.25, 0.3) is 0 Å². The Labute approximate surface area is 120 Å². The summed E-state index contributed by atoms with van der Waals surface area (Å²) < 4.78 is 24.2. The first-order chi connectivity index (χ1) is 9.50. The van der Waals surface area contributed by atoms with Crippen LogP contribution in [0.3, 0.4) is 0 Å². The molecule has 1 spiro atoms. The molecule has 0 aromatic rings. The van der Waals surface area contributed by atoms with Crippen LogP contribution in [0.2, 0.25) is 0 Å². The first kappa shape index (κ1) is 13.3. The van der Waals surface area contributed by atoms with Gasteiger partial charge in [-0.05, 0) is 43.6 Å². The van der Waals surface area contributed by atoms with Gasteiger partial charge >= 0.3 is 0 Å². The number of rotatable bonds is 1. The van der Waals surface area contributed by atoms with Gasteiger partial charge in [-0.1, -0.05) is 13.5 Å². The lowest BCUT2D eigenvalue weighted by Gasteiger charge is -2.56. The largest absolute Gasteiger partial charge is 0.352 e. The zero-order valence-corrected chi connectivity index (χ0v) is 12.6. The van der Waals surface area contributed by atoms with Crippen LogP contribution in [0, 0.1) is 17.8 Å². The zero-order valence-electron chi connectivity index (χ0n) is 12.6. The van der Waals surface area contributed by atoms with Gasteiger partial charge in [0.05, 0.1) is 0 Å². The van der Waals surface area contributed by atoms with Crippen molar-refractivity contribution < 1.29 is 18.9 Å². The first-order valence-corrected chi connectivity index (χ1v) is 7.75. The minimum absolute atomic E-state index is 0.287. The SMILES string of the molecule is C=C1[C@@H](OC)O[C@@H]2O[C@@]3(C)CC[C@H]4[C@H](C)CC[C@@H]1[C@@]24O3. The molecule has 4 nitrogen and oxygen atoms in total. The lowest BCUT2D eigenvalue weighted by atomic mass is 9.58. The maximum absolute atomic E-state index is 6.51. The van der Waals surface area contributed by atoms with E-state index in [0.29, 0.717) is 11.8 Å². The summed E-state index contributed by atoms with van der Waals surface area (Å²) in [5, 5.41) is 0. The monoisotopic (exact) mass is 280 g/mol. The number of fused-ring (bicyclic) bond motifs is 1. The summed E-state index contributed by atoms with van der Waals surface area (Å²) >= 11 is 0. The van der Waals surface area contributed by atoms with Gasteiger partial charge in [-0.15, -0.1) is 0 Å². The fraction of sp³-hybridized carbons (Fsp3) is 0.875. The highest BCUT2D eigenvalue weighted by Gasteiger charge is 2.70. The third kappa shape index (κ3) is 1.46. The molecular formula is C16H24O4. The molecule has 1 saturated carbocycles. The van der Waals surface area contributed by atoms with E-state index >= 15 is 0 Å². The van der Waals surface area contributed by atoms with Crippen molar-refractivity contribution in [2.45, 2.75) is 63.5 Å². The molecule has 0 N–H and O–H groups in total. The zero-order chi connectivity index (χ0) is 14.1. The number of methoxy groups -OCH3 is 1. The third-order valence-corrected chi connectivity index (χ3v) is 5.96. The summed E-state index contributed by atoms with van der Waals surface area (Å²) in [5.41, 5.74) is 0.687. The molecule has 4 heteroatoms. The number of hydrogen-bond acceptors (Lipinski definition) is 4. The second kappa shape index (κ2) is 4.07. The fourth-order valence-corrected chi connectivity index (χ4v) is 5.03. The molecule has 4 fully saturated rings. The quantitative estimate of drug-likeness (QED) is 0.692. The highest BCUT2D eigenvalue weighted by atomic mass is 16.9. The van der Waals surface area contributed by atoms with Crippen LogP contribution in [-0.4, -0.2) is 31.1 Å². The van der Waals surface area contributed by atoms with Gasteiger partial charge in [-0.2, -0.15) is 0 Å². The van der Waals surface area contributed by atoms with Crippen LogP contribution in [0.4, 0.5) is 0 Å². The van der Waals surface area contributed by atoms with Gasteiger partial charge < -0.3 is 18.9 Å². The van der Waals surface area contributed by atoms with Gasteiger partial charge in [0, 0.05) is 19.4 Å². The highest BCUT2D eigenvalue weighted by molar-refractivity contribution is 5.23. The molecule has 112 valence electrons. The van der Waals surface area contributed by atoms with Crippen LogP contribution >= 0.6 is 0 Å². The Morgan fingerprint density at radius 3 is 2.85 bits per heavy atom. The second-order valence-electron chi connectivity index (χ2n) is 7.07. The van der Waals surface area contributed by atoms with Gasteiger partial charge in [0.25, 0.3) is 0 Å². The van der Waals surface area contributed by atoms with Crippen LogP contribution in [0.1, 0.15) is 39.5 Å². The number of hydrogen-bond donors (Lipinski definition) is 0. The topological polar surface area (TPSA) is 36.9 Å². The molecule has 4 aliphatic rings. The normalized spacial score (nSPS) is 57.5. The second-order valence-corrected chi connectivity index (χ2v) is 7.07. The summed E-state index contributed by atoms with van der Waals surface area (Å²) in [6.07, 6.45) is 3.73. The van der Waals surface area contributed by atoms with E-state index in [-0.39, 0.29) is 24.1 Å². The average Bonchev–Trinajstić information content (AvgIpc) is 2.63. The average molecular weight is 280 g/mol. The number of ether oxygens (including phenoxy) is 4. The molecule has 0 unspecified atom stereocenters. The predicted octanol–water partition coefficient (Wildman–Crippen LogP) is 2.83. The van der Waals surface area contributed by atoms with Crippen molar-refractivity contribution in [1.29, 1.82) is 0 Å². The predicted molar refractivity (Wildman–Crippen MR) is 72.7 cm³/mol. The van der Waals surface area contributed by atoms with E-state index in [1.54, 1.807) is 7.11 Å². The van der Waals surface area contributed by atoms with Crippen LogP contribution < -0.4 is 0 Å². The Balaban J connectivity index is 1.81. The molecule has 1 aliphatic carbocycles. The van der Waals surface area contributed by atoms with Crippen LogP contribution in [0.15, 0.2) is 12.2 Å². The molecule has 3 aliphatic heterocycles. The van der Waals surface area contributed by atoms with Gasteiger partial charge in [-0.3, -0.25) is 0 Å². The van der Waals surface area contributed by atoms with Crippen molar-refractivity contribution in [2.24, 2.45) is 17.8 Å². The third-order valence-electron chi connectivity index (χ3n) is 5.96. The van der Waals surface area contributed by atoms with E-state index < -0.39 is 5.79 Å². The van der Waals surface area contributed by atoms with Crippen molar-refractivity contribution >= 4 is 0 Å². The van der Waals surface area contributed by atoms with Crippen molar-refractivity contribution in [3.63, 3.8) is 0 Å². The van der Waals surface area contributed by atoms with Crippen LogP contribution in [-0.2, 0) is 18.9 Å². The van der Waals surface area contributed by atoms with Crippen molar-refractivity contribution in [2.75, 3.05) is 7.11 Å². The van der Waals surface area contributed by atoms with Crippen molar-refractivity contribution in [3.8, 4) is 0 Å². The van der Waals surface area contributed by atoms with E-state index in [2.05, 4.69) is 13.5 Å². The molecular weight excluding hydrogens is 256 g/mol. The van der Waals surface area contributed by atoms with Gasteiger partial charge in [-0.25, -0.2) is 0 Å².